The lowest BCUT2D eigenvalue weighted by Crippen LogP contribution is -2.43. The molecule has 1 aliphatic rings. The molecule has 0 radical (unpaired) electrons. The second-order valence-electron chi connectivity index (χ2n) is 6.46. The van der Waals surface area contributed by atoms with Crippen molar-refractivity contribution in [3.63, 3.8) is 0 Å². The molecule has 7 nitrogen and oxygen atoms in total. The fraction of sp³-hybridized carbons (Fsp3) is 0.333. The Morgan fingerprint density at radius 1 is 1.18 bits per heavy atom. The number of morpholine rings is 1. The summed E-state index contributed by atoms with van der Waals surface area (Å²) < 4.78 is 42.4. The van der Waals surface area contributed by atoms with Crippen LogP contribution in [0.4, 0.5) is 0 Å². The van der Waals surface area contributed by atoms with Crippen LogP contribution in [0.25, 0.3) is 11.0 Å². The zero-order chi connectivity index (χ0) is 19.6. The molecule has 1 saturated heterocycles. The minimum Gasteiger partial charge on any atom is -0.379 e. The van der Waals surface area contributed by atoms with Gasteiger partial charge in [0.05, 0.1) is 24.9 Å². The molecule has 2 heterocycles. The zero-order valence-corrected chi connectivity index (χ0v) is 17.3. The van der Waals surface area contributed by atoms with E-state index in [2.05, 4.69) is 18.4 Å². The molecular weight excluding hydrogens is 420 g/mol. The predicted molar refractivity (Wildman–Crippen MR) is 109 cm³/mol. The minimum absolute atomic E-state index is 0.144. The normalized spacial score (nSPS) is 17.0. The third-order valence-electron chi connectivity index (χ3n) is 4.73. The van der Waals surface area contributed by atoms with Crippen molar-refractivity contribution >= 4 is 44.4 Å². The van der Waals surface area contributed by atoms with Gasteiger partial charge in [0.2, 0.25) is 10.0 Å². The quantitative estimate of drug-likeness (QED) is 0.637. The van der Waals surface area contributed by atoms with Crippen LogP contribution >= 0.6 is 23.3 Å². The number of rotatable bonds is 6. The molecule has 3 aromatic rings. The largest absolute Gasteiger partial charge is 0.379 e. The van der Waals surface area contributed by atoms with Gasteiger partial charge in [-0.2, -0.15) is 8.75 Å². The molecule has 148 valence electrons. The molecule has 1 atom stereocenters. The Kier molecular flexibility index (Phi) is 5.91. The van der Waals surface area contributed by atoms with Crippen LogP contribution in [0.3, 0.4) is 0 Å². The van der Waals surface area contributed by atoms with Gasteiger partial charge in [0.25, 0.3) is 0 Å². The van der Waals surface area contributed by atoms with Gasteiger partial charge in [0, 0.05) is 30.7 Å². The van der Waals surface area contributed by atoms with Gasteiger partial charge in [-0.25, -0.2) is 13.1 Å². The number of aromatic nitrogens is 2. The number of nitrogens with zero attached hydrogens (tertiary/aromatic N) is 3. The van der Waals surface area contributed by atoms with E-state index in [-0.39, 0.29) is 17.5 Å². The summed E-state index contributed by atoms with van der Waals surface area (Å²) in [6.45, 7) is 2.91. The molecule has 2 aromatic carbocycles. The Morgan fingerprint density at radius 3 is 2.75 bits per heavy atom. The minimum atomic E-state index is -3.75. The molecule has 1 aliphatic heterocycles. The summed E-state index contributed by atoms with van der Waals surface area (Å²) in [5, 5.41) is 0.622. The van der Waals surface area contributed by atoms with Crippen LogP contribution in [0.15, 0.2) is 47.4 Å². The van der Waals surface area contributed by atoms with E-state index in [9.17, 15) is 8.42 Å². The van der Waals surface area contributed by atoms with Gasteiger partial charge in [-0.15, -0.1) is 0 Å². The molecular formula is C18H19ClN4O3S2. The maximum absolute atomic E-state index is 13.0. The van der Waals surface area contributed by atoms with E-state index in [4.69, 9.17) is 16.3 Å². The van der Waals surface area contributed by atoms with Crippen LogP contribution in [0, 0.1) is 0 Å². The Labute approximate surface area is 172 Å². The molecule has 0 spiro atoms. The van der Waals surface area contributed by atoms with Gasteiger partial charge in [0.15, 0.2) is 0 Å². The molecule has 4 rings (SSSR count). The fourth-order valence-electron chi connectivity index (χ4n) is 3.33. The van der Waals surface area contributed by atoms with Gasteiger partial charge in [-0.05, 0) is 29.8 Å². The highest BCUT2D eigenvalue weighted by atomic mass is 35.5. The molecule has 1 aromatic heterocycles. The molecule has 10 heteroatoms. The van der Waals surface area contributed by atoms with Crippen LogP contribution in [0.2, 0.25) is 5.02 Å². The van der Waals surface area contributed by atoms with Crippen molar-refractivity contribution < 1.29 is 13.2 Å². The second-order valence-corrected chi connectivity index (χ2v) is 9.16. The zero-order valence-electron chi connectivity index (χ0n) is 14.9. The van der Waals surface area contributed by atoms with E-state index in [1.165, 1.54) is 0 Å². The van der Waals surface area contributed by atoms with Gasteiger partial charge in [-0.3, -0.25) is 4.90 Å². The lowest BCUT2D eigenvalue weighted by atomic mass is 10.1. The number of benzene rings is 2. The molecule has 0 bridgehead atoms. The van der Waals surface area contributed by atoms with E-state index in [0.29, 0.717) is 29.3 Å². The van der Waals surface area contributed by atoms with Gasteiger partial charge >= 0.3 is 0 Å². The topological polar surface area (TPSA) is 84.4 Å². The van der Waals surface area contributed by atoms with Crippen molar-refractivity contribution in [2.45, 2.75) is 10.9 Å². The SMILES string of the molecule is O=S(=O)(NCC(c1cccc(Cl)c1)N1CCOCC1)c1cccc2nsnc12. The van der Waals surface area contributed by atoms with Crippen molar-refractivity contribution in [1.82, 2.24) is 18.4 Å². The Hall–Kier alpha value is -1.62. The van der Waals surface area contributed by atoms with Gasteiger partial charge in [-0.1, -0.05) is 29.8 Å². The average molecular weight is 439 g/mol. The third kappa shape index (κ3) is 4.19. The molecule has 1 unspecified atom stereocenters. The molecule has 28 heavy (non-hydrogen) atoms. The molecule has 0 saturated carbocycles. The first-order valence-electron chi connectivity index (χ1n) is 8.83. The fourth-order valence-corrected chi connectivity index (χ4v) is 5.33. The summed E-state index contributed by atoms with van der Waals surface area (Å²) in [7, 11) is -3.75. The number of halogens is 1. The molecule has 1 fully saturated rings. The summed E-state index contributed by atoms with van der Waals surface area (Å²) in [5.74, 6) is 0. The lowest BCUT2D eigenvalue weighted by Gasteiger charge is -2.35. The maximum Gasteiger partial charge on any atom is 0.242 e. The highest BCUT2D eigenvalue weighted by Gasteiger charge is 2.26. The highest BCUT2D eigenvalue weighted by molar-refractivity contribution is 7.89. The summed E-state index contributed by atoms with van der Waals surface area (Å²) in [6.07, 6.45) is 0. The van der Waals surface area contributed by atoms with Crippen LogP contribution in [0.5, 0.6) is 0 Å². The predicted octanol–water partition coefficient (Wildman–Crippen LogP) is 2.70. The summed E-state index contributed by atoms with van der Waals surface area (Å²) in [5.41, 5.74) is 1.93. The average Bonchev–Trinajstić information content (AvgIpc) is 3.18. The van der Waals surface area contributed by atoms with Crippen LogP contribution < -0.4 is 4.72 Å². The summed E-state index contributed by atoms with van der Waals surface area (Å²) >= 11 is 7.17. The van der Waals surface area contributed by atoms with Crippen molar-refractivity contribution in [3.05, 3.63) is 53.1 Å². The van der Waals surface area contributed by atoms with Gasteiger partial charge < -0.3 is 4.74 Å². The van der Waals surface area contributed by atoms with Gasteiger partial charge in [0.1, 0.15) is 15.9 Å². The van der Waals surface area contributed by atoms with E-state index < -0.39 is 10.0 Å². The first kappa shape index (κ1) is 19.7. The Bertz CT molecular complexity index is 1070. The van der Waals surface area contributed by atoms with Crippen LogP contribution in [-0.4, -0.2) is 54.9 Å². The Balaban J connectivity index is 1.60. The summed E-state index contributed by atoms with van der Waals surface area (Å²) in [4.78, 5) is 2.36. The second kappa shape index (κ2) is 8.40. The first-order chi connectivity index (χ1) is 13.5. The number of sulfonamides is 1. The third-order valence-corrected chi connectivity index (χ3v) is 6.96. The summed E-state index contributed by atoms with van der Waals surface area (Å²) in [6, 6.07) is 12.4. The van der Waals surface area contributed by atoms with E-state index in [0.717, 1.165) is 30.4 Å². The smallest absolute Gasteiger partial charge is 0.242 e. The highest BCUT2D eigenvalue weighted by Crippen LogP contribution is 2.26. The molecule has 0 aliphatic carbocycles. The van der Waals surface area contributed by atoms with Crippen molar-refractivity contribution in [2.24, 2.45) is 0 Å². The van der Waals surface area contributed by atoms with Crippen LogP contribution in [0.1, 0.15) is 11.6 Å². The van der Waals surface area contributed by atoms with Crippen molar-refractivity contribution in [2.75, 3.05) is 32.8 Å². The standard InChI is InChI=1S/C18H19ClN4O3S2/c19-14-4-1-3-13(11-14)16(23-7-9-26-10-8-23)12-20-28(24,25)17-6-2-5-15-18(17)22-27-21-15/h1-6,11,16,20H,7-10,12H2. The van der Waals surface area contributed by atoms with E-state index >= 15 is 0 Å². The lowest BCUT2D eigenvalue weighted by molar-refractivity contribution is 0.0172. The Morgan fingerprint density at radius 2 is 1.96 bits per heavy atom. The maximum atomic E-state index is 13.0. The first-order valence-corrected chi connectivity index (χ1v) is 11.4. The number of nitrogens with one attached hydrogen (secondary N) is 1. The monoisotopic (exact) mass is 438 g/mol. The number of fused-ring (bicyclic) bond motifs is 1. The van der Waals surface area contributed by atoms with Crippen LogP contribution in [-0.2, 0) is 14.8 Å². The molecule has 0 amide bonds. The number of hydrogen-bond donors (Lipinski definition) is 1. The number of hydrogen-bond acceptors (Lipinski definition) is 7. The van der Waals surface area contributed by atoms with E-state index in [1.807, 2.05) is 24.3 Å². The number of ether oxygens (including phenoxy) is 1. The van der Waals surface area contributed by atoms with Crippen molar-refractivity contribution in [1.29, 1.82) is 0 Å². The molecule has 1 N–H and O–H groups in total. The van der Waals surface area contributed by atoms with E-state index in [1.54, 1.807) is 18.2 Å². The van der Waals surface area contributed by atoms with Crippen molar-refractivity contribution in [3.8, 4) is 0 Å².